The molecule has 5 aliphatic rings. The fourth-order valence-corrected chi connectivity index (χ4v) is 7.50. The van der Waals surface area contributed by atoms with Crippen molar-refractivity contribution in [3.63, 3.8) is 0 Å². The fourth-order valence-electron chi connectivity index (χ4n) is 7.50. The van der Waals surface area contributed by atoms with Crippen LogP contribution in [0.2, 0.25) is 0 Å². The van der Waals surface area contributed by atoms with Crippen LogP contribution in [0.3, 0.4) is 0 Å². The van der Waals surface area contributed by atoms with Crippen molar-refractivity contribution < 1.29 is 37.5 Å². The summed E-state index contributed by atoms with van der Waals surface area (Å²) in [6.07, 6.45) is 0. The maximum absolute atomic E-state index is 14.0. The zero-order chi connectivity index (χ0) is 28.0. The molecule has 0 aromatic heterocycles. The van der Waals surface area contributed by atoms with E-state index in [1.807, 2.05) is 0 Å². The Labute approximate surface area is 222 Å². The van der Waals surface area contributed by atoms with Gasteiger partial charge >= 0.3 is 5.97 Å². The van der Waals surface area contributed by atoms with E-state index in [2.05, 4.69) is 0 Å². The molecule has 6 atom stereocenters. The Morgan fingerprint density at radius 1 is 0.769 bits per heavy atom. The Hall–Kier alpha value is -4.21. The van der Waals surface area contributed by atoms with Crippen LogP contribution in [-0.4, -0.2) is 36.2 Å². The van der Waals surface area contributed by atoms with E-state index in [9.17, 15) is 32.8 Å². The Balaban J connectivity index is 1.54. The fraction of sp³-hybridized carbons (Fsp3) is 0.345. The third-order valence-corrected chi connectivity index (χ3v) is 8.85. The molecule has 8 nitrogen and oxygen atoms in total. The lowest BCUT2D eigenvalue weighted by molar-refractivity contribution is -0.155. The molecule has 3 fully saturated rings. The van der Waals surface area contributed by atoms with Gasteiger partial charge in [-0.25, -0.2) is 13.6 Å². The first kappa shape index (κ1) is 25.1. The number of ether oxygens (including phenoxy) is 1. The van der Waals surface area contributed by atoms with Gasteiger partial charge in [-0.1, -0.05) is 12.5 Å². The summed E-state index contributed by atoms with van der Waals surface area (Å²) in [5.74, 6) is -9.42. The second-order valence-corrected chi connectivity index (χ2v) is 10.6. The molecule has 2 aliphatic heterocycles. The minimum Gasteiger partial charge on any atom is -0.463 e. The first-order chi connectivity index (χ1) is 18.5. The summed E-state index contributed by atoms with van der Waals surface area (Å²) in [6.45, 7) is 4.88. The van der Waals surface area contributed by atoms with E-state index in [0.29, 0.717) is 5.57 Å². The number of imide groups is 2. The number of esters is 1. The Morgan fingerprint density at radius 3 is 1.56 bits per heavy atom. The van der Waals surface area contributed by atoms with Gasteiger partial charge in [0.25, 0.3) is 0 Å². The highest BCUT2D eigenvalue weighted by atomic mass is 19.1. The van der Waals surface area contributed by atoms with Gasteiger partial charge in [-0.2, -0.15) is 0 Å². The predicted octanol–water partition coefficient (Wildman–Crippen LogP) is 3.41. The van der Waals surface area contributed by atoms with Crippen molar-refractivity contribution in [3.8, 4) is 0 Å². The van der Waals surface area contributed by atoms with Crippen LogP contribution < -0.4 is 9.80 Å². The highest BCUT2D eigenvalue weighted by molar-refractivity contribution is 6.27. The molecule has 0 N–H and O–H groups in total. The van der Waals surface area contributed by atoms with Crippen molar-refractivity contribution in [3.05, 3.63) is 71.3 Å². The van der Waals surface area contributed by atoms with Crippen LogP contribution in [0, 0.1) is 46.6 Å². The standard InChI is InChI=1S/C29H24F2N2O6/c1-4-39-28(38)21-13(2)18-19-22(26(36)32(24(19)34)16-9-5-14(30)6-10-16)29(21,3)23-20(18)25(35)33(27(23)37)17-11-7-15(31)8-12-17/h5-12,18-20,22-23H,4H2,1-3H3/t18?,19-,20+,22-,23-,29?/m1/s1. The second-order valence-electron chi connectivity index (χ2n) is 10.6. The van der Waals surface area contributed by atoms with Crippen LogP contribution >= 0.6 is 0 Å². The number of benzene rings is 2. The summed E-state index contributed by atoms with van der Waals surface area (Å²) in [6, 6.07) is 9.76. The summed E-state index contributed by atoms with van der Waals surface area (Å²) >= 11 is 0. The lowest BCUT2D eigenvalue weighted by Crippen LogP contribution is -2.61. The van der Waals surface area contributed by atoms with Gasteiger partial charge in [-0.3, -0.25) is 29.0 Å². The van der Waals surface area contributed by atoms with Crippen LogP contribution in [0.4, 0.5) is 20.2 Å². The van der Waals surface area contributed by atoms with E-state index in [1.165, 1.54) is 24.3 Å². The Bertz CT molecular complexity index is 1410. The van der Waals surface area contributed by atoms with Gasteiger partial charge in [-0.05, 0) is 62.4 Å². The molecule has 2 aromatic rings. The molecular weight excluding hydrogens is 510 g/mol. The number of carbonyl (C=O) groups is 5. The highest BCUT2D eigenvalue weighted by Gasteiger charge is 2.77. The van der Waals surface area contributed by atoms with Crippen molar-refractivity contribution in [2.45, 2.75) is 20.8 Å². The molecule has 2 bridgehead atoms. The van der Waals surface area contributed by atoms with Crippen molar-refractivity contribution in [1.82, 2.24) is 0 Å². The predicted molar refractivity (Wildman–Crippen MR) is 133 cm³/mol. The molecule has 7 rings (SSSR count). The van der Waals surface area contributed by atoms with Gasteiger partial charge in [-0.15, -0.1) is 0 Å². The van der Waals surface area contributed by atoms with Gasteiger partial charge in [0.2, 0.25) is 23.6 Å². The summed E-state index contributed by atoms with van der Waals surface area (Å²) in [5.41, 5.74) is -0.669. The van der Waals surface area contributed by atoms with Crippen LogP contribution in [0.25, 0.3) is 0 Å². The number of carbonyl (C=O) groups excluding carboxylic acids is 5. The maximum atomic E-state index is 14.0. The number of hydrogen-bond acceptors (Lipinski definition) is 6. The third kappa shape index (κ3) is 3.11. The van der Waals surface area contributed by atoms with Crippen LogP contribution in [0.15, 0.2) is 59.7 Å². The number of rotatable bonds is 4. The molecule has 10 heteroatoms. The van der Waals surface area contributed by atoms with Gasteiger partial charge in [0.15, 0.2) is 0 Å². The first-order valence-corrected chi connectivity index (χ1v) is 12.7. The molecule has 0 spiro atoms. The van der Waals surface area contributed by atoms with E-state index >= 15 is 0 Å². The molecular formula is C29H24F2N2O6. The van der Waals surface area contributed by atoms with Crippen molar-refractivity contribution in [2.75, 3.05) is 16.4 Å². The number of nitrogens with zero attached hydrogens (tertiary/aromatic N) is 2. The quantitative estimate of drug-likeness (QED) is 0.440. The monoisotopic (exact) mass is 534 g/mol. The number of halogens is 2. The Morgan fingerprint density at radius 2 is 1.18 bits per heavy atom. The third-order valence-electron chi connectivity index (χ3n) is 8.85. The topological polar surface area (TPSA) is 101 Å². The van der Waals surface area contributed by atoms with E-state index in [0.717, 1.165) is 34.1 Å². The lowest BCUT2D eigenvalue weighted by Gasteiger charge is -2.55. The zero-order valence-corrected chi connectivity index (χ0v) is 21.3. The Kier molecular flexibility index (Phi) is 5.40. The molecule has 2 heterocycles. The van der Waals surface area contributed by atoms with E-state index in [-0.39, 0.29) is 23.6 Å². The van der Waals surface area contributed by atoms with Crippen molar-refractivity contribution >= 4 is 41.0 Å². The molecule has 2 aromatic carbocycles. The number of amides is 4. The molecule has 39 heavy (non-hydrogen) atoms. The molecule has 200 valence electrons. The van der Waals surface area contributed by atoms with Crippen molar-refractivity contribution in [2.24, 2.45) is 35.0 Å². The van der Waals surface area contributed by atoms with Gasteiger partial charge < -0.3 is 4.74 Å². The highest BCUT2D eigenvalue weighted by Crippen LogP contribution is 2.68. The second kappa shape index (κ2) is 8.39. The van der Waals surface area contributed by atoms with Crippen LogP contribution in [-0.2, 0) is 28.7 Å². The molecule has 4 amide bonds. The lowest BCUT2D eigenvalue weighted by atomic mass is 9.43. The molecule has 3 aliphatic carbocycles. The SMILES string of the molecule is CCOC(=O)C1=C(C)C2[C@H]3C(=O)N(c4ccc(F)cc4)C(=O)[C@@H]3C1(C)[C@H]1C(=O)N(c3ccc(F)cc3)C(=O)[C@@H]21. The minimum absolute atomic E-state index is 0.0434. The summed E-state index contributed by atoms with van der Waals surface area (Å²) in [4.78, 5) is 71.1. The summed E-state index contributed by atoms with van der Waals surface area (Å²) in [7, 11) is 0. The molecule has 2 unspecified atom stereocenters. The van der Waals surface area contributed by atoms with Crippen LogP contribution in [0.5, 0.6) is 0 Å². The first-order valence-electron chi connectivity index (χ1n) is 12.7. The van der Waals surface area contributed by atoms with Crippen LogP contribution in [0.1, 0.15) is 20.8 Å². The van der Waals surface area contributed by atoms with Crippen molar-refractivity contribution in [1.29, 1.82) is 0 Å². The maximum Gasteiger partial charge on any atom is 0.334 e. The van der Waals surface area contributed by atoms with Gasteiger partial charge in [0.05, 0.1) is 41.7 Å². The van der Waals surface area contributed by atoms with Gasteiger partial charge in [0.1, 0.15) is 11.6 Å². The average molecular weight is 535 g/mol. The summed E-state index contributed by atoms with van der Waals surface area (Å²) in [5, 5.41) is 0. The molecule has 0 radical (unpaired) electrons. The number of anilines is 2. The average Bonchev–Trinajstić information content (AvgIpc) is 3.32. The van der Waals surface area contributed by atoms with E-state index < -0.39 is 76.2 Å². The number of hydrogen-bond donors (Lipinski definition) is 0. The zero-order valence-electron chi connectivity index (χ0n) is 21.3. The van der Waals surface area contributed by atoms with E-state index in [1.54, 1.807) is 20.8 Å². The normalized spacial score (nSPS) is 31.3. The smallest absolute Gasteiger partial charge is 0.334 e. The number of allylic oxidation sites excluding steroid dienone is 1. The minimum atomic E-state index is -1.55. The largest absolute Gasteiger partial charge is 0.463 e. The van der Waals surface area contributed by atoms with Gasteiger partial charge in [0, 0.05) is 16.9 Å². The molecule has 1 saturated carbocycles. The molecule has 2 saturated heterocycles. The van der Waals surface area contributed by atoms with E-state index in [4.69, 9.17) is 4.74 Å². The summed E-state index contributed by atoms with van der Waals surface area (Å²) < 4.78 is 32.6.